The molecule has 1 unspecified atom stereocenters. The Hall–Kier alpha value is -2.12. The molecule has 2 heterocycles. The van der Waals surface area contributed by atoms with Crippen molar-refractivity contribution in [1.29, 1.82) is 0 Å². The van der Waals surface area contributed by atoms with Crippen molar-refractivity contribution in [3.8, 4) is 0 Å². The summed E-state index contributed by atoms with van der Waals surface area (Å²) in [6.07, 6.45) is 2.47. The van der Waals surface area contributed by atoms with Gasteiger partial charge in [0.05, 0.1) is 5.60 Å². The van der Waals surface area contributed by atoms with Crippen molar-refractivity contribution in [3.63, 3.8) is 0 Å². The van der Waals surface area contributed by atoms with Crippen LogP contribution < -0.4 is 5.73 Å². The number of hydrogen-bond donors (Lipinski definition) is 1. The molecule has 2 amide bonds. The van der Waals surface area contributed by atoms with Gasteiger partial charge in [-0.25, -0.2) is 4.79 Å². The number of nitrogens with two attached hydrogens (primary N) is 1. The number of piperidine rings is 1. The van der Waals surface area contributed by atoms with Crippen LogP contribution in [0.3, 0.4) is 0 Å². The summed E-state index contributed by atoms with van der Waals surface area (Å²) >= 11 is 0. The molecule has 0 bridgehead atoms. The van der Waals surface area contributed by atoms with Gasteiger partial charge in [-0.15, -0.1) is 0 Å². The summed E-state index contributed by atoms with van der Waals surface area (Å²) in [7, 11) is 0. The molecule has 166 valence electrons. The number of benzene rings is 1. The lowest BCUT2D eigenvalue weighted by Gasteiger charge is -2.44. The molecule has 2 saturated heterocycles. The van der Waals surface area contributed by atoms with Gasteiger partial charge < -0.3 is 25.0 Å². The average Bonchev–Trinajstić information content (AvgIpc) is 2.73. The van der Waals surface area contributed by atoms with E-state index < -0.39 is 17.1 Å². The summed E-state index contributed by atoms with van der Waals surface area (Å²) in [5, 5.41) is 0. The smallest absolute Gasteiger partial charge is 0.404 e. The van der Waals surface area contributed by atoms with E-state index in [-0.39, 0.29) is 12.0 Å². The number of hydrogen-bond acceptors (Lipinski definition) is 5. The van der Waals surface area contributed by atoms with Crippen molar-refractivity contribution in [2.45, 2.75) is 58.2 Å². The Balaban J connectivity index is 1.62. The van der Waals surface area contributed by atoms with Gasteiger partial charge in [0, 0.05) is 31.6 Å². The molecule has 30 heavy (non-hydrogen) atoms. The van der Waals surface area contributed by atoms with Crippen molar-refractivity contribution in [2.24, 2.45) is 11.1 Å². The van der Waals surface area contributed by atoms with E-state index >= 15 is 0 Å². The number of rotatable bonds is 5. The molecule has 2 aliphatic rings. The lowest BCUT2D eigenvalue weighted by Crippen LogP contribution is -2.51. The Morgan fingerprint density at radius 1 is 1.17 bits per heavy atom. The number of likely N-dealkylation sites (tertiary alicyclic amines) is 1. The van der Waals surface area contributed by atoms with Gasteiger partial charge in [-0.2, -0.15) is 0 Å². The highest BCUT2D eigenvalue weighted by molar-refractivity contribution is 5.81. The Kier molecular flexibility index (Phi) is 7.03. The van der Waals surface area contributed by atoms with Crippen molar-refractivity contribution >= 4 is 12.0 Å². The molecule has 0 aromatic heterocycles. The highest BCUT2D eigenvalue weighted by Gasteiger charge is 2.40. The monoisotopic (exact) mass is 417 g/mol. The van der Waals surface area contributed by atoms with Crippen LogP contribution in [0.25, 0.3) is 0 Å². The molecular weight excluding hydrogens is 382 g/mol. The topological polar surface area (TPSA) is 85.1 Å². The number of amides is 2. The van der Waals surface area contributed by atoms with Gasteiger partial charge in [-0.05, 0) is 31.2 Å². The molecule has 7 heteroatoms. The summed E-state index contributed by atoms with van der Waals surface area (Å²) in [5.74, 6) is 0.126. The fraction of sp³-hybridized carbons (Fsp3) is 0.652. The van der Waals surface area contributed by atoms with Crippen LogP contribution in [0.15, 0.2) is 30.3 Å². The first-order valence-corrected chi connectivity index (χ1v) is 10.9. The van der Waals surface area contributed by atoms with Crippen molar-refractivity contribution in [3.05, 3.63) is 35.9 Å². The molecular formula is C23H35N3O4. The van der Waals surface area contributed by atoms with E-state index in [9.17, 15) is 9.59 Å². The van der Waals surface area contributed by atoms with Crippen LogP contribution in [-0.2, 0) is 19.9 Å². The van der Waals surface area contributed by atoms with E-state index in [1.165, 1.54) is 5.56 Å². The molecule has 1 atom stereocenters. The fourth-order valence-electron chi connectivity index (χ4n) is 4.35. The number of primary amides is 1. The second kappa shape index (κ2) is 9.35. The summed E-state index contributed by atoms with van der Waals surface area (Å²) < 4.78 is 11.6. The molecule has 0 spiro atoms. The van der Waals surface area contributed by atoms with E-state index in [2.05, 4.69) is 17.0 Å². The summed E-state index contributed by atoms with van der Waals surface area (Å²) in [5.41, 5.74) is 5.50. The molecule has 3 rings (SSSR count). The standard InChI is InChI=1S/C23H35N3O4/c1-22(2,3)20(27)26-16-12-23(29-17-26,18-7-5-4-6-8-18)11-15-25-13-9-19(10-14-25)30-21(24)28/h4-8,19H,9-17H2,1-3H3,(H2,24,28). The van der Waals surface area contributed by atoms with E-state index in [4.69, 9.17) is 15.2 Å². The molecule has 1 aromatic rings. The third-order valence-corrected chi connectivity index (χ3v) is 6.16. The van der Waals surface area contributed by atoms with Crippen LogP contribution in [0.5, 0.6) is 0 Å². The lowest BCUT2D eigenvalue weighted by molar-refractivity contribution is -0.175. The minimum Gasteiger partial charge on any atom is -0.446 e. The minimum atomic E-state index is -0.693. The molecule has 2 aliphatic heterocycles. The average molecular weight is 418 g/mol. The second-order valence-electron chi connectivity index (χ2n) is 9.43. The summed E-state index contributed by atoms with van der Waals surface area (Å²) in [6, 6.07) is 10.3. The second-order valence-corrected chi connectivity index (χ2v) is 9.43. The number of carbonyl (C=O) groups excluding carboxylic acids is 2. The maximum atomic E-state index is 12.7. The van der Waals surface area contributed by atoms with Crippen LogP contribution in [0.1, 0.15) is 52.0 Å². The number of nitrogens with zero attached hydrogens (tertiary/aromatic N) is 2. The van der Waals surface area contributed by atoms with Gasteiger partial charge in [0.2, 0.25) is 5.91 Å². The molecule has 2 fully saturated rings. The molecule has 2 N–H and O–H groups in total. The normalized spacial score (nSPS) is 23.9. The minimum absolute atomic E-state index is 0.0790. The van der Waals surface area contributed by atoms with E-state index in [0.29, 0.717) is 13.3 Å². The van der Waals surface area contributed by atoms with Crippen molar-refractivity contribution in [1.82, 2.24) is 9.80 Å². The summed E-state index contributed by atoms with van der Waals surface area (Å²) in [4.78, 5) is 27.8. The Morgan fingerprint density at radius 2 is 1.83 bits per heavy atom. The molecule has 0 saturated carbocycles. The van der Waals surface area contributed by atoms with Gasteiger partial charge in [0.1, 0.15) is 12.8 Å². The van der Waals surface area contributed by atoms with Gasteiger partial charge in [0.15, 0.2) is 0 Å². The largest absolute Gasteiger partial charge is 0.446 e. The molecule has 0 radical (unpaired) electrons. The first kappa shape index (κ1) is 22.6. The SMILES string of the molecule is CC(C)(C)C(=O)N1CCC(CCN2CCC(OC(N)=O)CC2)(c2ccccc2)OC1. The van der Waals surface area contributed by atoms with Crippen molar-refractivity contribution < 1.29 is 19.1 Å². The third kappa shape index (κ3) is 5.52. The Labute approximate surface area is 179 Å². The quantitative estimate of drug-likeness (QED) is 0.796. The van der Waals surface area contributed by atoms with Gasteiger partial charge in [-0.1, -0.05) is 51.1 Å². The molecule has 7 nitrogen and oxygen atoms in total. The van der Waals surface area contributed by atoms with Crippen LogP contribution in [0.2, 0.25) is 0 Å². The fourth-order valence-corrected chi connectivity index (χ4v) is 4.35. The number of carbonyl (C=O) groups is 2. The molecule has 1 aromatic carbocycles. The predicted octanol–water partition coefficient (Wildman–Crippen LogP) is 3.08. The van der Waals surface area contributed by atoms with Gasteiger partial charge >= 0.3 is 6.09 Å². The Morgan fingerprint density at radius 3 is 2.37 bits per heavy atom. The first-order chi connectivity index (χ1) is 14.2. The first-order valence-electron chi connectivity index (χ1n) is 10.9. The molecule has 0 aliphatic carbocycles. The lowest BCUT2D eigenvalue weighted by atomic mass is 9.85. The number of ether oxygens (including phenoxy) is 2. The van der Waals surface area contributed by atoms with Gasteiger partial charge in [0.25, 0.3) is 0 Å². The zero-order chi connectivity index (χ0) is 21.8. The zero-order valence-corrected chi connectivity index (χ0v) is 18.4. The van der Waals surface area contributed by atoms with Crippen LogP contribution in [0.4, 0.5) is 4.79 Å². The zero-order valence-electron chi connectivity index (χ0n) is 18.4. The highest BCUT2D eigenvalue weighted by atomic mass is 16.6. The predicted molar refractivity (Wildman–Crippen MR) is 115 cm³/mol. The summed E-state index contributed by atoms with van der Waals surface area (Å²) in [6.45, 7) is 9.49. The Bertz CT molecular complexity index is 716. The highest BCUT2D eigenvalue weighted by Crippen LogP contribution is 2.38. The maximum absolute atomic E-state index is 12.7. The van der Waals surface area contributed by atoms with Crippen LogP contribution in [-0.4, -0.2) is 60.8 Å². The van der Waals surface area contributed by atoms with E-state index in [0.717, 1.165) is 45.3 Å². The maximum Gasteiger partial charge on any atom is 0.404 e. The third-order valence-electron chi connectivity index (χ3n) is 6.16. The van der Waals surface area contributed by atoms with Crippen LogP contribution in [0, 0.1) is 5.41 Å². The van der Waals surface area contributed by atoms with E-state index in [1.807, 2.05) is 43.9 Å². The van der Waals surface area contributed by atoms with E-state index in [1.54, 1.807) is 0 Å². The van der Waals surface area contributed by atoms with Crippen LogP contribution >= 0.6 is 0 Å². The van der Waals surface area contributed by atoms with Crippen molar-refractivity contribution in [2.75, 3.05) is 32.9 Å². The van der Waals surface area contributed by atoms with Gasteiger partial charge in [-0.3, -0.25) is 4.79 Å².